The largest absolute Gasteiger partial charge is 0.386 e. The monoisotopic (exact) mass is 396 g/mol. The molecular formula is C21H21FN4O3. The molecule has 29 heavy (non-hydrogen) atoms. The number of amides is 2. The van der Waals surface area contributed by atoms with Crippen molar-refractivity contribution in [1.29, 1.82) is 0 Å². The van der Waals surface area contributed by atoms with Gasteiger partial charge in [-0.25, -0.2) is 4.39 Å². The summed E-state index contributed by atoms with van der Waals surface area (Å²) >= 11 is 0. The van der Waals surface area contributed by atoms with E-state index in [-0.39, 0.29) is 23.9 Å². The van der Waals surface area contributed by atoms with E-state index < -0.39 is 11.4 Å². The van der Waals surface area contributed by atoms with Crippen LogP contribution in [0.3, 0.4) is 0 Å². The number of rotatable bonds is 4. The molecule has 8 heteroatoms. The Hall–Kier alpha value is -3.29. The normalized spacial score (nSPS) is 20.9. The van der Waals surface area contributed by atoms with Crippen LogP contribution in [0.5, 0.6) is 0 Å². The number of nitrogens with zero attached hydrogens (tertiary/aromatic N) is 3. The van der Waals surface area contributed by atoms with E-state index in [4.69, 9.17) is 4.84 Å². The van der Waals surface area contributed by atoms with Gasteiger partial charge >= 0.3 is 0 Å². The predicted molar refractivity (Wildman–Crippen MR) is 103 cm³/mol. The number of aromatic nitrogens is 1. The lowest BCUT2D eigenvalue weighted by Gasteiger charge is -2.38. The molecule has 150 valence electrons. The number of nitrogens with one attached hydrogen (secondary N) is 1. The van der Waals surface area contributed by atoms with Crippen molar-refractivity contribution in [1.82, 2.24) is 15.2 Å². The first-order valence-electron chi connectivity index (χ1n) is 9.52. The van der Waals surface area contributed by atoms with Gasteiger partial charge in [-0.1, -0.05) is 23.4 Å². The lowest BCUT2D eigenvalue weighted by atomic mass is 9.87. The van der Waals surface area contributed by atoms with Crippen molar-refractivity contribution in [2.45, 2.75) is 31.4 Å². The van der Waals surface area contributed by atoms with Crippen LogP contribution in [0.4, 0.5) is 4.39 Å². The molecule has 0 aliphatic carbocycles. The van der Waals surface area contributed by atoms with Crippen molar-refractivity contribution >= 4 is 17.5 Å². The molecular weight excluding hydrogens is 375 g/mol. The van der Waals surface area contributed by atoms with E-state index in [2.05, 4.69) is 15.5 Å². The van der Waals surface area contributed by atoms with Crippen LogP contribution >= 0.6 is 0 Å². The molecule has 0 unspecified atom stereocenters. The fraction of sp³-hybridized carbons (Fsp3) is 0.333. The van der Waals surface area contributed by atoms with Crippen LogP contribution in [0.1, 0.15) is 35.2 Å². The molecule has 1 fully saturated rings. The lowest BCUT2D eigenvalue weighted by molar-refractivity contribution is -0.115. The first-order chi connectivity index (χ1) is 14.1. The van der Waals surface area contributed by atoms with Gasteiger partial charge < -0.3 is 15.1 Å². The number of halogens is 1. The topological polar surface area (TPSA) is 83.9 Å². The van der Waals surface area contributed by atoms with Crippen molar-refractivity contribution in [3.8, 4) is 0 Å². The summed E-state index contributed by atoms with van der Waals surface area (Å²) in [5, 5.41) is 6.80. The summed E-state index contributed by atoms with van der Waals surface area (Å²) in [5.41, 5.74) is 0.488. The highest BCUT2D eigenvalue weighted by atomic mass is 19.1. The second kappa shape index (κ2) is 7.98. The van der Waals surface area contributed by atoms with Gasteiger partial charge in [-0.05, 0) is 36.6 Å². The summed E-state index contributed by atoms with van der Waals surface area (Å²) in [5.74, 6) is -1.22. The Bertz CT molecular complexity index is 950. The molecule has 1 spiro atoms. The number of pyridine rings is 1. The predicted octanol–water partition coefficient (Wildman–Crippen LogP) is 2.29. The maximum atomic E-state index is 14.0. The van der Waals surface area contributed by atoms with E-state index in [1.807, 2.05) is 6.07 Å². The van der Waals surface area contributed by atoms with Crippen LogP contribution in [0.15, 0.2) is 53.9 Å². The number of carbonyl (C=O) groups is 2. The number of carbonyl (C=O) groups excluding carboxylic acids is 2. The Morgan fingerprint density at radius 3 is 2.90 bits per heavy atom. The third kappa shape index (κ3) is 4.11. The van der Waals surface area contributed by atoms with Crippen molar-refractivity contribution in [3.05, 3.63) is 65.7 Å². The second-order valence-corrected chi connectivity index (χ2v) is 7.34. The Balaban J connectivity index is 1.38. The molecule has 0 radical (unpaired) electrons. The van der Waals surface area contributed by atoms with Gasteiger partial charge in [-0.15, -0.1) is 0 Å². The highest BCUT2D eigenvalue weighted by Crippen LogP contribution is 2.34. The third-order valence-electron chi connectivity index (χ3n) is 5.21. The van der Waals surface area contributed by atoms with Gasteiger partial charge in [-0.3, -0.25) is 14.6 Å². The molecule has 2 aliphatic rings. The minimum Gasteiger partial charge on any atom is -0.386 e. The maximum absolute atomic E-state index is 14.0. The summed E-state index contributed by atoms with van der Waals surface area (Å²) in [6.45, 7) is 1.13. The second-order valence-electron chi connectivity index (χ2n) is 7.34. The van der Waals surface area contributed by atoms with Crippen LogP contribution in [0, 0.1) is 5.82 Å². The average molecular weight is 396 g/mol. The molecule has 0 saturated carbocycles. The number of oxime groups is 1. The maximum Gasteiger partial charge on any atom is 0.269 e. The van der Waals surface area contributed by atoms with Gasteiger partial charge in [-0.2, -0.15) is 0 Å². The van der Waals surface area contributed by atoms with E-state index in [1.54, 1.807) is 35.5 Å². The fourth-order valence-corrected chi connectivity index (χ4v) is 3.73. The van der Waals surface area contributed by atoms with Gasteiger partial charge in [0.25, 0.3) is 11.8 Å². The zero-order valence-corrected chi connectivity index (χ0v) is 15.8. The van der Waals surface area contributed by atoms with Crippen LogP contribution in [0.25, 0.3) is 0 Å². The molecule has 1 N–H and O–H groups in total. The molecule has 2 aliphatic heterocycles. The van der Waals surface area contributed by atoms with E-state index in [0.717, 1.165) is 5.56 Å². The molecule has 4 rings (SSSR count). The SMILES string of the molecule is O=C(NCc1cccnc1)C1=NO[C@]2(CCCN(C(=O)c3ccccc3F)C2)C1. The number of hydrogen-bond donors (Lipinski definition) is 1. The number of benzene rings is 1. The summed E-state index contributed by atoms with van der Waals surface area (Å²) < 4.78 is 14.0. The zero-order valence-electron chi connectivity index (χ0n) is 15.8. The Morgan fingerprint density at radius 2 is 2.10 bits per heavy atom. The number of hydrogen-bond acceptors (Lipinski definition) is 5. The Labute approximate surface area is 167 Å². The fourth-order valence-electron chi connectivity index (χ4n) is 3.73. The highest BCUT2D eigenvalue weighted by Gasteiger charge is 2.45. The van der Waals surface area contributed by atoms with Gasteiger partial charge in [0.2, 0.25) is 0 Å². The molecule has 2 amide bonds. The molecule has 1 aromatic heterocycles. The van der Waals surface area contributed by atoms with E-state index in [9.17, 15) is 14.0 Å². The van der Waals surface area contributed by atoms with Gasteiger partial charge in [0, 0.05) is 31.9 Å². The first-order valence-corrected chi connectivity index (χ1v) is 9.52. The van der Waals surface area contributed by atoms with Crippen molar-refractivity contribution in [3.63, 3.8) is 0 Å². The van der Waals surface area contributed by atoms with Gasteiger partial charge in [0.05, 0.1) is 12.1 Å². The van der Waals surface area contributed by atoms with Crippen LogP contribution < -0.4 is 5.32 Å². The molecule has 0 bridgehead atoms. The molecule has 1 atom stereocenters. The Kier molecular flexibility index (Phi) is 5.24. The quantitative estimate of drug-likeness (QED) is 0.860. The van der Waals surface area contributed by atoms with Crippen LogP contribution in [-0.2, 0) is 16.2 Å². The number of likely N-dealkylation sites (tertiary alicyclic amines) is 1. The Morgan fingerprint density at radius 1 is 1.24 bits per heavy atom. The van der Waals surface area contributed by atoms with Crippen molar-refractivity contribution in [2.75, 3.05) is 13.1 Å². The molecule has 2 aromatic rings. The lowest BCUT2D eigenvalue weighted by Crippen LogP contribution is -2.51. The van der Waals surface area contributed by atoms with Gasteiger partial charge in [0.15, 0.2) is 5.60 Å². The third-order valence-corrected chi connectivity index (χ3v) is 5.21. The minimum atomic E-state index is -0.736. The standard InChI is InChI=1S/C21H21FN4O3/c22-17-7-2-1-6-16(17)20(28)26-10-4-8-21(14-26)11-18(25-29-21)19(27)24-13-15-5-3-9-23-12-15/h1-3,5-7,9,12H,4,8,10-11,13-14H2,(H,24,27)/t21-/m1/s1. The molecule has 1 aromatic carbocycles. The van der Waals surface area contributed by atoms with E-state index >= 15 is 0 Å². The summed E-state index contributed by atoms with van der Waals surface area (Å²) in [6, 6.07) is 9.60. The van der Waals surface area contributed by atoms with Crippen LogP contribution in [-0.4, -0.2) is 46.1 Å². The molecule has 7 nitrogen and oxygen atoms in total. The van der Waals surface area contributed by atoms with Gasteiger partial charge in [0.1, 0.15) is 11.5 Å². The summed E-state index contributed by atoms with van der Waals surface area (Å²) in [6.07, 6.45) is 5.04. The highest BCUT2D eigenvalue weighted by molar-refractivity contribution is 6.39. The summed E-state index contributed by atoms with van der Waals surface area (Å²) in [4.78, 5) is 36.4. The first kappa shape index (κ1) is 19.0. The number of piperidine rings is 1. The molecule has 1 saturated heterocycles. The average Bonchev–Trinajstić information content (AvgIpc) is 3.16. The van der Waals surface area contributed by atoms with E-state index in [0.29, 0.717) is 38.1 Å². The van der Waals surface area contributed by atoms with Crippen LogP contribution in [0.2, 0.25) is 0 Å². The van der Waals surface area contributed by atoms with Crippen molar-refractivity contribution in [2.24, 2.45) is 5.16 Å². The smallest absolute Gasteiger partial charge is 0.269 e. The molecule has 3 heterocycles. The summed E-state index contributed by atoms with van der Waals surface area (Å²) in [7, 11) is 0. The van der Waals surface area contributed by atoms with E-state index in [1.165, 1.54) is 12.1 Å². The zero-order chi connectivity index (χ0) is 20.3. The minimum absolute atomic E-state index is 0.0397. The van der Waals surface area contributed by atoms with Crippen molar-refractivity contribution < 1.29 is 18.8 Å².